The van der Waals surface area contributed by atoms with Crippen molar-refractivity contribution in [2.75, 3.05) is 0 Å². The number of carbonyl (C=O) groups excluding carboxylic acids is 1. The summed E-state index contributed by atoms with van der Waals surface area (Å²) < 4.78 is 0. The zero-order valence-corrected chi connectivity index (χ0v) is 13.8. The number of rotatable bonds is 6. The van der Waals surface area contributed by atoms with Crippen LogP contribution in [0.4, 0.5) is 0 Å². The van der Waals surface area contributed by atoms with Gasteiger partial charge in [-0.05, 0) is 17.5 Å². The van der Waals surface area contributed by atoms with E-state index in [1.165, 1.54) is 11.1 Å². The predicted molar refractivity (Wildman–Crippen MR) is 94.8 cm³/mol. The summed E-state index contributed by atoms with van der Waals surface area (Å²) in [6.07, 6.45) is 2.15. The van der Waals surface area contributed by atoms with Gasteiger partial charge >= 0.3 is 0 Å². The molecule has 1 aliphatic rings. The summed E-state index contributed by atoms with van der Waals surface area (Å²) in [5.74, 6) is -0.0453. The minimum Gasteiger partial charge on any atom is -0.390 e. The van der Waals surface area contributed by atoms with E-state index < -0.39 is 0 Å². The lowest BCUT2D eigenvalue weighted by molar-refractivity contribution is -0.120. The molecule has 1 heterocycles. The SMILES string of the molecule is CC(=O)N[C@@H](Cc1ccccc1)[C@@H]1CC(Cc2ccccc2)=NO1. The molecule has 0 aliphatic carbocycles. The smallest absolute Gasteiger partial charge is 0.217 e. The van der Waals surface area contributed by atoms with Crippen molar-refractivity contribution < 1.29 is 9.63 Å². The first-order valence-corrected chi connectivity index (χ1v) is 8.27. The fraction of sp³-hybridized carbons (Fsp3) is 0.300. The lowest BCUT2D eigenvalue weighted by Crippen LogP contribution is -2.44. The van der Waals surface area contributed by atoms with Crippen molar-refractivity contribution in [1.82, 2.24) is 5.32 Å². The van der Waals surface area contributed by atoms with Gasteiger partial charge in [-0.25, -0.2) is 0 Å². The maximum absolute atomic E-state index is 11.6. The van der Waals surface area contributed by atoms with Crippen LogP contribution in [0.3, 0.4) is 0 Å². The molecule has 0 saturated carbocycles. The van der Waals surface area contributed by atoms with E-state index in [2.05, 4.69) is 34.7 Å². The molecule has 0 aromatic heterocycles. The quantitative estimate of drug-likeness (QED) is 0.888. The van der Waals surface area contributed by atoms with E-state index in [9.17, 15) is 4.79 Å². The van der Waals surface area contributed by atoms with Crippen molar-refractivity contribution in [2.24, 2.45) is 5.16 Å². The summed E-state index contributed by atoms with van der Waals surface area (Å²) >= 11 is 0. The molecule has 0 spiro atoms. The highest BCUT2D eigenvalue weighted by atomic mass is 16.6. The van der Waals surface area contributed by atoms with Gasteiger partial charge in [0.25, 0.3) is 0 Å². The summed E-state index contributed by atoms with van der Waals surface area (Å²) in [6, 6.07) is 20.3. The molecule has 4 heteroatoms. The first-order valence-electron chi connectivity index (χ1n) is 8.27. The highest BCUT2D eigenvalue weighted by Gasteiger charge is 2.30. The Morgan fingerprint density at radius 1 is 1.12 bits per heavy atom. The van der Waals surface area contributed by atoms with Gasteiger partial charge in [0, 0.05) is 19.8 Å². The second-order valence-corrected chi connectivity index (χ2v) is 6.16. The molecular weight excluding hydrogens is 300 g/mol. The first-order chi connectivity index (χ1) is 11.7. The highest BCUT2D eigenvalue weighted by molar-refractivity contribution is 5.87. The van der Waals surface area contributed by atoms with Gasteiger partial charge in [-0.2, -0.15) is 0 Å². The number of carbonyl (C=O) groups is 1. The Hall–Kier alpha value is -2.62. The van der Waals surface area contributed by atoms with E-state index in [0.29, 0.717) is 0 Å². The second kappa shape index (κ2) is 7.77. The van der Waals surface area contributed by atoms with E-state index in [1.54, 1.807) is 6.92 Å². The standard InChI is InChI=1S/C20H22N2O2/c1-15(23)21-19(13-17-10-6-3-7-11-17)20-14-18(22-24-20)12-16-8-4-2-5-9-16/h2-11,19-20H,12-14H2,1H3,(H,21,23)/t19-,20-/m0/s1. The van der Waals surface area contributed by atoms with E-state index in [4.69, 9.17) is 4.84 Å². The van der Waals surface area contributed by atoms with Gasteiger partial charge in [-0.3, -0.25) is 4.79 Å². The zero-order valence-electron chi connectivity index (χ0n) is 13.8. The highest BCUT2D eigenvalue weighted by Crippen LogP contribution is 2.20. The van der Waals surface area contributed by atoms with Crippen LogP contribution in [0.15, 0.2) is 65.8 Å². The number of oxime groups is 1. The van der Waals surface area contributed by atoms with Crippen molar-refractivity contribution >= 4 is 11.6 Å². The molecule has 24 heavy (non-hydrogen) atoms. The third-order valence-corrected chi connectivity index (χ3v) is 4.14. The Morgan fingerprint density at radius 3 is 2.38 bits per heavy atom. The van der Waals surface area contributed by atoms with E-state index >= 15 is 0 Å². The Balaban J connectivity index is 1.63. The normalized spacial score (nSPS) is 17.7. The van der Waals surface area contributed by atoms with Crippen LogP contribution < -0.4 is 5.32 Å². The monoisotopic (exact) mass is 322 g/mol. The maximum atomic E-state index is 11.6. The van der Waals surface area contributed by atoms with E-state index in [0.717, 1.165) is 25.0 Å². The average Bonchev–Trinajstić information content (AvgIpc) is 3.04. The van der Waals surface area contributed by atoms with Crippen LogP contribution in [0.5, 0.6) is 0 Å². The first kappa shape index (κ1) is 16.2. The number of nitrogens with zero attached hydrogens (tertiary/aromatic N) is 1. The van der Waals surface area contributed by atoms with E-state index in [1.807, 2.05) is 36.4 Å². The van der Waals surface area contributed by atoms with Crippen LogP contribution in [0.25, 0.3) is 0 Å². The van der Waals surface area contributed by atoms with Gasteiger partial charge in [0.1, 0.15) is 0 Å². The lowest BCUT2D eigenvalue weighted by atomic mass is 9.96. The molecule has 1 aliphatic heterocycles. The van der Waals surface area contributed by atoms with Crippen molar-refractivity contribution in [2.45, 2.75) is 38.3 Å². The van der Waals surface area contributed by atoms with Gasteiger partial charge < -0.3 is 10.2 Å². The molecule has 1 amide bonds. The molecule has 0 fully saturated rings. The predicted octanol–water partition coefficient (Wildman–Crippen LogP) is 3.12. The van der Waals surface area contributed by atoms with Crippen molar-refractivity contribution in [3.05, 3.63) is 71.8 Å². The second-order valence-electron chi connectivity index (χ2n) is 6.16. The van der Waals surface area contributed by atoms with Crippen molar-refractivity contribution in [1.29, 1.82) is 0 Å². The zero-order chi connectivity index (χ0) is 16.8. The van der Waals surface area contributed by atoms with Crippen LogP contribution in [0.1, 0.15) is 24.5 Å². The summed E-state index contributed by atoms with van der Waals surface area (Å²) in [5, 5.41) is 7.27. The Bertz CT molecular complexity index is 698. The molecule has 0 saturated heterocycles. The summed E-state index contributed by atoms with van der Waals surface area (Å²) in [7, 11) is 0. The number of benzene rings is 2. The van der Waals surface area contributed by atoms with Gasteiger partial charge in [-0.15, -0.1) is 0 Å². The molecule has 124 valence electrons. The largest absolute Gasteiger partial charge is 0.390 e. The Kier molecular flexibility index (Phi) is 5.26. The molecule has 0 radical (unpaired) electrons. The fourth-order valence-corrected chi connectivity index (χ4v) is 3.01. The molecule has 0 unspecified atom stereocenters. The number of amides is 1. The maximum Gasteiger partial charge on any atom is 0.217 e. The summed E-state index contributed by atoms with van der Waals surface area (Å²) in [4.78, 5) is 17.2. The number of hydrogen-bond acceptors (Lipinski definition) is 3. The van der Waals surface area contributed by atoms with Gasteiger partial charge in [0.2, 0.25) is 5.91 Å². The van der Waals surface area contributed by atoms with Gasteiger partial charge in [-0.1, -0.05) is 65.8 Å². The number of nitrogens with one attached hydrogen (secondary N) is 1. The Labute approximate surface area is 142 Å². The molecule has 4 nitrogen and oxygen atoms in total. The van der Waals surface area contributed by atoms with E-state index in [-0.39, 0.29) is 18.1 Å². The molecule has 1 N–H and O–H groups in total. The molecule has 2 aromatic carbocycles. The minimum atomic E-state index is -0.118. The molecule has 2 aromatic rings. The third-order valence-electron chi connectivity index (χ3n) is 4.14. The summed E-state index contributed by atoms with van der Waals surface area (Å²) in [5.41, 5.74) is 3.42. The van der Waals surface area contributed by atoms with Crippen LogP contribution in [-0.4, -0.2) is 23.8 Å². The topological polar surface area (TPSA) is 50.7 Å². The van der Waals surface area contributed by atoms with Gasteiger partial charge in [0.15, 0.2) is 6.10 Å². The van der Waals surface area contributed by atoms with Crippen molar-refractivity contribution in [3.63, 3.8) is 0 Å². The number of hydrogen-bond donors (Lipinski definition) is 1. The van der Waals surface area contributed by atoms with Crippen LogP contribution in [0, 0.1) is 0 Å². The average molecular weight is 322 g/mol. The fourth-order valence-electron chi connectivity index (χ4n) is 3.01. The Morgan fingerprint density at radius 2 is 1.75 bits per heavy atom. The molecule has 0 bridgehead atoms. The van der Waals surface area contributed by atoms with Crippen LogP contribution >= 0.6 is 0 Å². The van der Waals surface area contributed by atoms with Crippen molar-refractivity contribution in [3.8, 4) is 0 Å². The molecular formula is C20H22N2O2. The summed E-state index contributed by atoms with van der Waals surface area (Å²) in [6.45, 7) is 1.54. The third kappa shape index (κ3) is 4.44. The van der Waals surface area contributed by atoms with Gasteiger partial charge in [0.05, 0.1) is 11.8 Å². The lowest BCUT2D eigenvalue weighted by Gasteiger charge is -2.22. The minimum absolute atomic E-state index is 0.0453. The van der Waals surface area contributed by atoms with Crippen LogP contribution in [0.2, 0.25) is 0 Å². The molecule has 2 atom stereocenters. The molecule has 3 rings (SSSR count). The van der Waals surface area contributed by atoms with Crippen LogP contribution in [-0.2, 0) is 22.5 Å².